The van der Waals surface area contributed by atoms with E-state index in [0.29, 0.717) is 11.2 Å². The minimum Gasteiger partial charge on any atom is -0.369 e. The van der Waals surface area contributed by atoms with Crippen molar-refractivity contribution in [1.82, 2.24) is 9.97 Å². The first kappa shape index (κ1) is 14.0. The Morgan fingerprint density at radius 1 is 1.39 bits per heavy atom. The van der Waals surface area contributed by atoms with Gasteiger partial charge >= 0.3 is 0 Å². The molecule has 1 aliphatic rings. The highest BCUT2D eigenvalue weighted by molar-refractivity contribution is 8.06. The second-order valence-electron chi connectivity index (χ2n) is 4.86. The number of aryl methyl sites for hydroxylation is 1. The van der Waals surface area contributed by atoms with Gasteiger partial charge in [-0.25, -0.2) is 9.97 Å². The molecule has 0 amide bonds. The third-order valence-electron chi connectivity index (χ3n) is 2.78. The molecule has 1 aliphatic heterocycles. The fraction of sp³-hybridized carbons (Fsp3) is 0.692. The van der Waals surface area contributed by atoms with E-state index in [1.807, 2.05) is 13.0 Å². The van der Waals surface area contributed by atoms with Crippen molar-refractivity contribution in [3.05, 3.63) is 17.6 Å². The zero-order valence-corrected chi connectivity index (χ0v) is 12.9. The molecular weight excluding hydrogens is 262 g/mol. The van der Waals surface area contributed by atoms with Crippen molar-refractivity contribution < 1.29 is 0 Å². The molecule has 0 radical (unpaired) electrons. The van der Waals surface area contributed by atoms with Crippen LogP contribution in [0.25, 0.3) is 0 Å². The van der Waals surface area contributed by atoms with E-state index in [4.69, 9.17) is 0 Å². The van der Waals surface area contributed by atoms with Crippen LogP contribution in [0.15, 0.2) is 6.07 Å². The molecule has 1 aromatic rings. The third-order valence-corrected chi connectivity index (χ3v) is 5.63. The standard InChI is InChI=1S/C13H21N3S2/c1-9(2)13-15-10(3)6-12(16-13)14-7-11-8-17-4-5-18-11/h6,9,11H,4-5,7-8H2,1-3H3,(H,14,15,16). The molecule has 1 N–H and O–H groups in total. The van der Waals surface area contributed by atoms with Gasteiger partial charge in [-0.2, -0.15) is 23.5 Å². The summed E-state index contributed by atoms with van der Waals surface area (Å²) in [6.07, 6.45) is 0. The van der Waals surface area contributed by atoms with Gasteiger partial charge in [0, 0.05) is 46.7 Å². The van der Waals surface area contributed by atoms with Crippen LogP contribution in [0, 0.1) is 6.92 Å². The Balaban J connectivity index is 1.95. The van der Waals surface area contributed by atoms with E-state index in [2.05, 4.69) is 52.7 Å². The predicted octanol–water partition coefficient (Wildman–Crippen LogP) is 3.17. The highest BCUT2D eigenvalue weighted by Gasteiger charge is 2.14. The number of nitrogens with zero attached hydrogens (tertiary/aromatic N) is 2. The Hall–Kier alpha value is -0.420. The molecule has 18 heavy (non-hydrogen) atoms. The molecule has 1 saturated heterocycles. The van der Waals surface area contributed by atoms with Crippen molar-refractivity contribution in [3.63, 3.8) is 0 Å². The Bertz CT molecular complexity index is 390. The highest BCUT2D eigenvalue weighted by atomic mass is 32.2. The molecule has 5 heteroatoms. The Morgan fingerprint density at radius 2 is 2.22 bits per heavy atom. The van der Waals surface area contributed by atoms with Gasteiger partial charge in [0.25, 0.3) is 0 Å². The lowest BCUT2D eigenvalue weighted by Gasteiger charge is -2.21. The van der Waals surface area contributed by atoms with Gasteiger partial charge in [-0.05, 0) is 6.92 Å². The molecular formula is C13H21N3S2. The van der Waals surface area contributed by atoms with E-state index in [1.54, 1.807) is 0 Å². The van der Waals surface area contributed by atoms with Gasteiger partial charge in [-0.1, -0.05) is 13.8 Å². The summed E-state index contributed by atoms with van der Waals surface area (Å²) in [7, 11) is 0. The van der Waals surface area contributed by atoms with Crippen LogP contribution in [0.2, 0.25) is 0 Å². The minimum absolute atomic E-state index is 0.380. The zero-order chi connectivity index (χ0) is 13.0. The van der Waals surface area contributed by atoms with Crippen molar-refractivity contribution in [1.29, 1.82) is 0 Å². The second kappa shape index (κ2) is 6.66. The molecule has 2 rings (SSSR count). The molecule has 2 heterocycles. The number of aromatic nitrogens is 2. The fourth-order valence-electron chi connectivity index (χ4n) is 1.81. The first-order chi connectivity index (χ1) is 8.65. The third kappa shape index (κ3) is 4.05. The molecule has 1 atom stereocenters. The Kier molecular flexibility index (Phi) is 5.18. The molecule has 0 aliphatic carbocycles. The van der Waals surface area contributed by atoms with Crippen molar-refractivity contribution in [2.75, 3.05) is 29.1 Å². The molecule has 1 unspecified atom stereocenters. The lowest BCUT2D eigenvalue weighted by Crippen LogP contribution is -2.23. The Labute approximate surface area is 118 Å². The van der Waals surface area contributed by atoms with Crippen molar-refractivity contribution >= 4 is 29.3 Å². The largest absolute Gasteiger partial charge is 0.369 e. The average Bonchev–Trinajstić information content (AvgIpc) is 2.37. The highest BCUT2D eigenvalue weighted by Crippen LogP contribution is 2.24. The zero-order valence-electron chi connectivity index (χ0n) is 11.3. The van der Waals surface area contributed by atoms with Gasteiger partial charge in [-0.15, -0.1) is 0 Å². The van der Waals surface area contributed by atoms with Gasteiger partial charge in [0.05, 0.1) is 0 Å². The van der Waals surface area contributed by atoms with Crippen LogP contribution in [0.5, 0.6) is 0 Å². The van der Waals surface area contributed by atoms with E-state index in [0.717, 1.165) is 23.9 Å². The van der Waals surface area contributed by atoms with Crippen molar-refractivity contribution in [2.24, 2.45) is 0 Å². The maximum atomic E-state index is 4.58. The van der Waals surface area contributed by atoms with Gasteiger partial charge in [0.15, 0.2) is 0 Å². The van der Waals surface area contributed by atoms with E-state index in [1.165, 1.54) is 17.3 Å². The number of anilines is 1. The molecule has 3 nitrogen and oxygen atoms in total. The molecule has 0 saturated carbocycles. The summed E-state index contributed by atoms with van der Waals surface area (Å²) in [5, 5.41) is 4.17. The summed E-state index contributed by atoms with van der Waals surface area (Å²) in [6, 6.07) is 2.03. The molecule has 0 aromatic carbocycles. The second-order valence-corrected chi connectivity index (χ2v) is 7.41. The molecule has 0 bridgehead atoms. The van der Waals surface area contributed by atoms with Crippen LogP contribution in [-0.4, -0.2) is 39.0 Å². The quantitative estimate of drug-likeness (QED) is 0.918. The molecule has 0 spiro atoms. The number of rotatable bonds is 4. The van der Waals surface area contributed by atoms with Crippen LogP contribution in [-0.2, 0) is 0 Å². The SMILES string of the molecule is Cc1cc(NCC2CSCCS2)nc(C(C)C)n1. The van der Waals surface area contributed by atoms with Gasteiger partial charge in [-0.3, -0.25) is 0 Å². The monoisotopic (exact) mass is 283 g/mol. The van der Waals surface area contributed by atoms with Crippen molar-refractivity contribution in [3.8, 4) is 0 Å². The van der Waals surface area contributed by atoms with Crippen LogP contribution in [0.4, 0.5) is 5.82 Å². The number of thioether (sulfide) groups is 2. The Morgan fingerprint density at radius 3 is 2.89 bits per heavy atom. The predicted molar refractivity (Wildman–Crippen MR) is 82.9 cm³/mol. The first-order valence-corrected chi connectivity index (χ1v) is 8.64. The molecule has 1 aromatic heterocycles. The van der Waals surface area contributed by atoms with E-state index < -0.39 is 0 Å². The van der Waals surface area contributed by atoms with Gasteiger partial charge < -0.3 is 5.32 Å². The summed E-state index contributed by atoms with van der Waals surface area (Å²) in [4.78, 5) is 9.05. The van der Waals surface area contributed by atoms with Gasteiger partial charge in [0.2, 0.25) is 0 Å². The van der Waals surface area contributed by atoms with Gasteiger partial charge in [0.1, 0.15) is 11.6 Å². The van der Waals surface area contributed by atoms with Crippen LogP contribution >= 0.6 is 23.5 Å². The first-order valence-electron chi connectivity index (χ1n) is 6.44. The van der Waals surface area contributed by atoms with Crippen LogP contribution in [0.1, 0.15) is 31.3 Å². The normalized spacial score (nSPS) is 20.1. The number of hydrogen-bond donors (Lipinski definition) is 1. The van der Waals surface area contributed by atoms with Crippen LogP contribution in [0.3, 0.4) is 0 Å². The van der Waals surface area contributed by atoms with E-state index in [-0.39, 0.29) is 0 Å². The topological polar surface area (TPSA) is 37.8 Å². The summed E-state index contributed by atoms with van der Waals surface area (Å²) < 4.78 is 0. The minimum atomic E-state index is 0.380. The summed E-state index contributed by atoms with van der Waals surface area (Å²) >= 11 is 4.13. The molecule has 100 valence electrons. The lowest BCUT2D eigenvalue weighted by atomic mass is 10.2. The molecule has 1 fully saturated rings. The van der Waals surface area contributed by atoms with E-state index in [9.17, 15) is 0 Å². The maximum Gasteiger partial charge on any atom is 0.133 e. The number of hydrogen-bond acceptors (Lipinski definition) is 5. The number of nitrogens with one attached hydrogen (secondary N) is 1. The maximum absolute atomic E-state index is 4.58. The summed E-state index contributed by atoms with van der Waals surface area (Å²) in [5.74, 6) is 6.11. The summed E-state index contributed by atoms with van der Waals surface area (Å²) in [6.45, 7) is 7.30. The fourth-order valence-corrected chi connectivity index (χ4v) is 4.42. The van der Waals surface area contributed by atoms with Crippen molar-refractivity contribution in [2.45, 2.75) is 31.9 Å². The van der Waals surface area contributed by atoms with E-state index >= 15 is 0 Å². The summed E-state index contributed by atoms with van der Waals surface area (Å²) in [5.41, 5.74) is 1.04. The van der Waals surface area contributed by atoms with Crippen LogP contribution < -0.4 is 5.32 Å². The smallest absolute Gasteiger partial charge is 0.133 e. The average molecular weight is 283 g/mol. The lowest BCUT2D eigenvalue weighted by molar-refractivity contribution is 0.766.